The van der Waals surface area contributed by atoms with Crippen LogP contribution in [0.15, 0.2) is 21.1 Å². The van der Waals surface area contributed by atoms with Crippen LogP contribution in [0.2, 0.25) is 0 Å². The smallest absolute Gasteiger partial charge is 0.385 e. The Morgan fingerprint density at radius 2 is 2.14 bits per heavy atom. The van der Waals surface area contributed by atoms with Gasteiger partial charge in [0.25, 0.3) is 11.8 Å². The van der Waals surface area contributed by atoms with Gasteiger partial charge in [0.15, 0.2) is 16.7 Å². The van der Waals surface area contributed by atoms with Crippen LogP contribution in [0.4, 0.5) is 28.9 Å². The summed E-state index contributed by atoms with van der Waals surface area (Å²) in [4.78, 5) is 45.2. The number of carbonyl (C=O) groups excluding carboxylic acids is 3. The molecular weight excluding hydrogens is 525 g/mol. The number of amides is 4. The Hall–Kier alpha value is -3.94. The van der Waals surface area contributed by atoms with Gasteiger partial charge in [-0.1, -0.05) is 10.3 Å². The minimum absolute atomic E-state index is 0.0190. The van der Waals surface area contributed by atoms with Crippen LogP contribution >= 0.6 is 11.3 Å². The molecule has 3 heterocycles. The Morgan fingerprint density at radius 1 is 1.43 bits per heavy atom. The largest absolute Gasteiger partial charge is 0.425 e. The molecule has 1 aliphatic rings. The molecule has 4 amide bonds. The maximum absolute atomic E-state index is 12.5. The number of rotatable bonds is 8. The number of nitrogens with one attached hydrogen (secondary N) is 3. The molecule has 1 aliphatic heterocycles. The fourth-order valence-electron chi connectivity index (χ4n) is 2.46. The molecule has 1 fully saturated rings. The Kier molecular flexibility index (Phi) is 7.14. The van der Waals surface area contributed by atoms with Crippen molar-refractivity contribution in [1.29, 1.82) is 0 Å². The second-order valence-electron chi connectivity index (χ2n) is 6.71. The molecule has 3 rings (SSSR count). The van der Waals surface area contributed by atoms with Crippen LogP contribution in [-0.4, -0.2) is 72.4 Å². The number of imide groups is 1. The minimum Gasteiger partial charge on any atom is -0.385 e. The summed E-state index contributed by atoms with van der Waals surface area (Å²) >= 11 is 0.866. The first-order valence-electron chi connectivity index (χ1n) is 9.12. The molecule has 0 aliphatic carbocycles. The topological polar surface area (TPSA) is 211 Å². The van der Waals surface area contributed by atoms with E-state index < -0.39 is 59.1 Å². The number of β-lactam (4-membered cyclic amide) rings is 1. The standard InChI is InChI=1S/C15H15F3N8O7S2/c1-6-2-9(22-33-6)24-35(30,31)25-14(29)26-3-7(12(26)28)20-11(27)10(8-4-34-13(19)21-8)23-32-5-15(16,17)18/h2,4,7H,3,5H2,1H3,(H2,19,21)(H,20,27)(H,22,24)(H,25,29)/b23-10-/t7-/m0/s1. The number of urea groups is 1. The summed E-state index contributed by atoms with van der Waals surface area (Å²) in [7, 11) is -4.47. The number of hydrogen-bond donors (Lipinski definition) is 4. The van der Waals surface area contributed by atoms with Gasteiger partial charge in [-0.3, -0.25) is 14.5 Å². The quantitative estimate of drug-likeness (QED) is 0.195. The van der Waals surface area contributed by atoms with Crippen molar-refractivity contribution in [3.63, 3.8) is 0 Å². The van der Waals surface area contributed by atoms with Gasteiger partial charge in [-0.2, -0.15) is 21.6 Å². The summed E-state index contributed by atoms with van der Waals surface area (Å²) in [6.07, 6.45) is -4.73. The van der Waals surface area contributed by atoms with Crippen molar-refractivity contribution >= 4 is 56.1 Å². The minimum atomic E-state index is -4.73. The zero-order chi connectivity index (χ0) is 26.0. The number of hydrogen-bond acceptors (Lipinski definition) is 12. The van der Waals surface area contributed by atoms with E-state index in [-0.39, 0.29) is 22.4 Å². The zero-order valence-corrected chi connectivity index (χ0v) is 19.0. The van der Waals surface area contributed by atoms with Crippen molar-refractivity contribution < 1.29 is 45.3 Å². The monoisotopic (exact) mass is 540 g/mol. The normalized spacial score (nSPS) is 16.5. The van der Waals surface area contributed by atoms with Gasteiger partial charge in [0.05, 0.1) is 6.54 Å². The van der Waals surface area contributed by atoms with E-state index in [0.29, 0.717) is 4.90 Å². The van der Waals surface area contributed by atoms with Gasteiger partial charge in [0.2, 0.25) is 6.61 Å². The maximum atomic E-state index is 12.5. The Labute approximate surface area is 197 Å². The van der Waals surface area contributed by atoms with Crippen molar-refractivity contribution in [1.82, 2.24) is 25.1 Å². The molecule has 0 bridgehead atoms. The second-order valence-corrected chi connectivity index (χ2v) is 9.01. The van der Waals surface area contributed by atoms with E-state index in [1.54, 1.807) is 4.72 Å². The number of nitrogen functional groups attached to an aromatic ring is 1. The molecule has 0 radical (unpaired) electrons. The number of anilines is 2. The third kappa shape index (κ3) is 6.79. The molecule has 15 nitrogen and oxygen atoms in total. The lowest BCUT2D eigenvalue weighted by molar-refractivity contribution is -0.174. The summed E-state index contributed by atoms with van der Waals surface area (Å²) in [5, 5.41) is 9.88. The lowest BCUT2D eigenvalue weighted by Crippen LogP contribution is -2.68. The van der Waals surface area contributed by atoms with E-state index in [0.717, 1.165) is 11.3 Å². The number of nitrogens with two attached hydrogens (primary N) is 1. The summed E-state index contributed by atoms with van der Waals surface area (Å²) in [6, 6.07) is -1.41. The van der Waals surface area contributed by atoms with Crippen molar-refractivity contribution in [2.24, 2.45) is 5.16 Å². The van der Waals surface area contributed by atoms with E-state index in [1.165, 1.54) is 18.4 Å². The Bertz CT molecular complexity index is 1270. The molecule has 1 saturated heterocycles. The highest BCUT2D eigenvalue weighted by atomic mass is 32.2. The summed E-state index contributed by atoms with van der Waals surface area (Å²) in [6.45, 7) is -0.750. The Morgan fingerprint density at radius 3 is 2.69 bits per heavy atom. The van der Waals surface area contributed by atoms with Gasteiger partial charge in [-0.25, -0.2) is 19.2 Å². The number of likely N-dealkylation sites (tertiary alicyclic amines) is 1. The molecule has 5 N–H and O–H groups in total. The van der Waals surface area contributed by atoms with Gasteiger partial charge < -0.3 is 20.4 Å². The lowest BCUT2D eigenvalue weighted by atomic mass is 10.1. The van der Waals surface area contributed by atoms with Crippen LogP contribution in [-0.2, 0) is 24.6 Å². The first-order valence-corrected chi connectivity index (χ1v) is 11.5. The zero-order valence-electron chi connectivity index (χ0n) is 17.3. The van der Waals surface area contributed by atoms with Crippen LogP contribution in [0.25, 0.3) is 0 Å². The van der Waals surface area contributed by atoms with Gasteiger partial charge in [-0.15, -0.1) is 11.3 Å². The molecule has 0 saturated carbocycles. The predicted octanol–water partition coefficient (Wildman–Crippen LogP) is -0.302. The van der Waals surface area contributed by atoms with E-state index in [1.807, 2.05) is 4.72 Å². The first-order chi connectivity index (χ1) is 16.2. The van der Waals surface area contributed by atoms with Crippen LogP contribution in [0.3, 0.4) is 0 Å². The van der Waals surface area contributed by atoms with Crippen LogP contribution in [0.5, 0.6) is 0 Å². The number of thiazole rings is 1. The van der Waals surface area contributed by atoms with Crippen LogP contribution in [0, 0.1) is 6.92 Å². The van der Waals surface area contributed by atoms with E-state index >= 15 is 0 Å². The Balaban J connectivity index is 1.60. The van der Waals surface area contributed by atoms with Crippen molar-refractivity contribution in [3.8, 4) is 0 Å². The molecule has 0 unspecified atom stereocenters. The molecule has 1 atom stereocenters. The molecule has 2 aromatic heterocycles. The molecule has 190 valence electrons. The number of nitrogens with zero attached hydrogens (tertiary/aromatic N) is 4. The number of aryl methyl sites for hydroxylation is 1. The SMILES string of the molecule is Cc1cc(NS(=O)(=O)NC(=O)N2C[C@H](NC(=O)/C(=N\OCC(F)(F)F)c3csc(N)n3)C2=O)no1. The maximum Gasteiger partial charge on any atom is 0.425 e. The average molecular weight is 540 g/mol. The van der Waals surface area contributed by atoms with Crippen molar-refractivity contribution in [2.75, 3.05) is 23.6 Å². The molecule has 35 heavy (non-hydrogen) atoms. The van der Waals surface area contributed by atoms with Crippen molar-refractivity contribution in [2.45, 2.75) is 19.1 Å². The second kappa shape index (κ2) is 9.74. The summed E-state index contributed by atoms with van der Waals surface area (Å²) in [5.41, 5.74) is 4.54. The first kappa shape index (κ1) is 25.7. The van der Waals surface area contributed by atoms with Gasteiger partial charge >= 0.3 is 22.4 Å². The molecular formula is C15H15F3N8O7S2. The number of alkyl halides is 3. The van der Waals surface area contributed by atoms with E-state index in [2.05, 4.69) is 30.0 Å². The molecule has 2 aromatic rings. The molecule has 0 spiro atoms. The highest BCUT2D eigenvalue weighted by molar-refractivity contribution is 7.91. The average Bonchev–Trinajstić information content (AvgIpc) is 3.33. The van der Waals surface area contributed by atoms with Crippen LogP contribution in [0.1, 0.15) is 11.5 Å². The predicted molar refractivity (Wildman–Crippen MR) is 111 cm³/mol. The number of oxime groups is 1. The van der Waals surface area contributed by atoms with Gasteiger partial charge in [-0.05, 0) is 6.92 Å². The van der Waals surface area contributed by atoms with E-state index in [9.17, 15) is 36.0 Å². The highest BCUT2D eigenvalue weighted by Crippen LogP contribution is 2.17. The third-order valence-electron chi connectivity index (χ3n) is 3.93. The van der Waals surface area contributed by atoms with Gasteiger partial charge in [0, 0.05) is 11.4 Å². The number of halogens is 3. The molecule has 20 heteroatoms. The fourth-order valence-corrected chi connectivity index (χ4v) is 3.77. The summed E-state index contributed by atoms with van der Waals surface area (Å²) in [5.74, 6) is -2.08. The highest BCUT2D eigenvalue weighted by Gasteiger charge is 2.43. The fraction of sp³-hybridized carbons (Fsp3) is 0.333. The third-order valence-corrected chi connectivity index (χ3v) is 5.53. The van der Waals surface area contributed by atoms with Crippen LogP contribution < -0.4 is 20.5 Å². The lowest BCUT2D eigenvalue weighted by Gasteiger charge is -2.36. The molecule has 0 aromatic carbocycles. The number of carbonyl (C=O) groups is 3. The summed E-state index contributed by atoms with van der Waals surface area (Å²) < 4.78 is 69.1. The van der Waals surface area contributed by atoms with Gasteiger partial charge in [0.1, 0.15) is 17.5 Å². The van der Waals surface area contributed by atoms with E-state index in [4.69, 9.17) is 5.73 Å². The number of aromatic nitrogens is 2. The van der Waals surface area contributed by atoms with Crippen molar-refractivity contribution in [3.05, 3.63) is 22.9 Å².